The summed E-state index contributed by atoms with van der Waals surface area (Å²) in [6.07, 6.45) is 9.49. The van der Waals surface area contributed by atoms with Gasteiger partial charge in [-0.2, -0.15) is 5.10 Å². The third-order valence-electron chi connectivity index (χ3n) is 12.1. The van der Waals surface area contributed by atoms with Crippen LogP contribution in [0.3, 0.4) is 0 Å². The van der Waals surface area contributed by atoms with Crippen molar-refractivity contribution in [2.45, 2.75) is 69.7 Å². The van der Waals surface area contributed by atoms with E-state index in [1.54, 1.807) is 24.9 Å². The smallest absolute Gasteiger partial charge is 0.329 e. The molecule has 4 aliphatic rings. The molecule has 5 aromatic rings. The maximum Gasteiger partial charge on any atom is 0.329 e. The molecule has 1 aromatic carbocycles. The number of rotatable bonds is 11. The summed E-state index contributed by atoms with van der Waals surface area (Å²) in [4.78, 5) is 59.7. The Hall–Kier alpha value is -5.78. The Morgan fingerprint density at radius 1 is 0.965 bits per heavy atom. The highest BCUT2D eigenvalue weighted by Crippen LogP contribution is 2.31. The largest absolute Gasteiger partial charge is 0.385 e. The zero-order chi connectivity index (χ0) is 39.4. The number of nitrogens with zero attached hydrogens (tertiary/aromatic N) is 9. The lowest BCUT2D eigenvalue weighted by Gasteiger charge is -2.38. The number of imide groups is 1. The molecule has 1 unspecified atom stereocenters. The highest BCUT2D eigenvalue weighted by atomic mass is 19.1. The average molecular weight is 782 g/mol. The number of carbonyl (C=O) groups is 3. The second-order valence-corrected chi connectivity index (χ2v) is 16.0. The molecule has 3 amide bonds. The van der Waals surface area contributed by atoms with E-state index >= 15 is 0 Å². The van der Waals surface area contributed by atoms with Crippen LogP contribution in [0.15, 0.2) is 47.7 Å². The molecular weight excluding hydrogens is 734 g/mol. The lowest BCUT2D eigenvalue weighted by Crippen LogP contribution is -2.44. The second kappa shape index (κ2) is 14.9. The molecule has 18 heteroatoms. The minimum Gasteiger partial charge on any atom is -0.385 e. The van der Waals surface area contributed by atoms with Crippen molar-refractivity contribution in [2.75, 3.05) is 55.3 Å². The number of fused-ring (bicyclic) bond motifs is 2. The number of amides is 3. The zero-order valence-electron chi connectivity index (χ0n) is 32.2. The summed E-state index contributed by atoms with van der Waals surface area (Å²) < 4.78 is 20.0. The van der Waals surface area contributed by atoms with Crippen molar-refractivity contribution in [3.63, 3.8) is 0 Å². The van der Waals surface area contributed by atoms with Gasteiger partial charge in [0.1, 0.15) is 12.2 Å². The van der Waals surface area contributed by atoms with E-state index < -0.39 is 30.1 Å². The Labute approximate surface area is 327 Å². The van der Waals surface area contributed by atoms with E-state index in [1.165, 1.54) is 15.3 Å². The fraction of sp³-hybridized carbons (Fsp3) is 0.513. The van der Waals surface area contributed by atoms with Crippen LogP contribution in [0.25, 0.3) is 16.7 Å². The van der Waals surface area contributed by atoms with Gasteiger partial charge in [0.2, 0.25) is 11.8 Å². The Bertz CT molecular complexity index is 2400. The third-order valence-corrected chi connectivity index (χ3v) is 12.1. The number of benzene rings is 1. The zero-order valence-corrected chi connectivity index (χ0v) is 32.2. The van der Waals surface area contributed by atoms with E-state index in [4.69, 9.17) is 0 Å². The predicted molar refractivity (Wildman–Crippen MR) is 212 cm³/mol. The Kier molecular flexibility index (Phi) is 9.66. The van der Waals surface area contributed by atoms with E-state index in [0.29, 0.717) is 47.3 Å². The van der Waals surface area contributed by atoms with E-state index in [0.717, 1.165) is 81.8 Å². The number of hydrogen-bond donors (Lipinski definition) is 4. The van der Waals surface area contributed by atoms with Crippen LogP contribution in [0.4, 0.5) is 27.3 Å². The lowest BCUT2D eigenvalue weighted by molar-refractivity contribution is -0.135. The molecule has 3 saturated heterocycles. The Morgan fingerprint density at radius 3 is 2.46 bits per heavy atom. The number of carbonyl (C=O) groups excluding carboxylic acids is 3. The van der Waals surface area contributed by atoms with Gasteiger partial charge in [0, 0.05) is 71.1 Å². The van der Waals surface area contributed by atoms with Crippen molar-refractivity contribution in [3.05, 3.63) is 59.0 Å². The molecule has 4 aromatic heterocycles. The van der Waals surface area contributed by atoms with Crippen molar-refractivity contribution < 1.29 is 18.8 Å². The Balaban J connectivity index is 0.754. The topological polar surface area (TPSA) is 181 Å². The van der Waals surface area contributed by atoms with Crippen molar-refractivity contribution in [1.82, 2.24) is 49.0 Å². The number of aryl methyl sites for hydroxylation is 1. The number of aromatic nitrogens is 7. The third kappa shape index (κ3) is 7.33. The standard InChI is InChI=1S/C39H48FN13O4/c1-41-29-17-34(47-53-33(19-42-36(29)53)38(56)45-28-16-27(28)40)44-25-18-43-51(22-25)21-24-7-11-49(12-8-24)20-23-9-13-50(14-10-23)26-3-4-30-32(15-26)48(2)39(57)52(30)31-5-6-35(54)46-37(31)55/h3-4,15,17-19,22-24,27-28,31,41H,5-14,16,20-21H2,1-2H3,(H,44,47)(H,45,56)(H,46,54,55)/t27-,28+,31?/m0/s1. The molecule has 1 saturated carbocycles. The first-order chi connectivity index (χ1) is 27.6. The molecule has 0 bridgehead atoms. The highest BCUT2D eigenvalue weighted by molar-refractivity contribution is 6.00. The summed E-state index contributed by atoms with van der Waals surface area (Å²) in [7, 11) is 3.51. The van der Waals surface area contributed by atoms with Crippen molar-refractivity contribution in [2.24, 2.45) is 18.9 Å². The van der Waals surface area contributed by atoms with Gasteiger partial charge in [0.25, 0.3) is 5.91 Å². The average Bonchev–Trinajstić information content (AvgIpc) is 3.48. The van der Waals surface area contributed by atoms with E-state index in [2.05, 4.69) is 52.3 Å². The first kappa shape index (κ1) is 36.8. The van der Waals surface area contributed by atoms with Crippen LogP contribution >= 0.6 is 0 Å². The van der Waals surface area contributed by atoms with Crippen molar-refractivity contribution in [3.8, 4) is 0 Å². The minimum absolute atomic E-state index is 0.219. The van der Waals surface area contributed by atoms with E-state index in [9.17, 15) is 23.6 Å². The van der Waals surface area contributed by atoms with Gasteiger partial charge in [-0.25, -0.2) is 18.7 Å². The summed E-state index contributed by atoms with van der Waals surface area (Å²) in [6.45, 7) is 5.96. The quantitative estimate of drug-likeness (QED) is 0.145. The molecule has 3 aliphatic heterocycles. The molecule has 57 heavy (non-hydrogen) atoms. The highest BCUT2D eigenvalue weighted by Gasteiger charge is 2.39. The second-order valence-electron chi connectivity index (χ2n) is 16.0. The summed E-state index contributed by atoms with van der Waals surface area (Å²) in [6, 6.07) is 6.72. The number of alkyl halides is 1. The van der Waals surface area contributed by atoms with Crippen LogP contribution in [0.5, 0.6) is 0 Å². The predicted octanol–water partition coefficient (Wildman–Crippen LogP) is 2.81. The van der Waals surface area contributed by atoms with Gasteiger partial charge >= 0.3 is 5.69 Å². The molecule has 300 valence electrons. The molecule has 0 spiro atoms. The molecule has 4 N–H and O–H groups in total. The number of halogens is 1. The minimum atomic E-state index is -1.00. The number of piperidine rings is 3. The monoisotopic (exact) mass is 781 g/mol. The van der Waals surface area contributed by atoms with Crippen LogP contribution in [0.1, 0.15) is 61.5 Å². The maximum atomic E-state index is 13.4. The molecule has 7 heterocycles. The number of likely N-dealkylation sites (tertiary alicyclic amines) is 1. The van der Waals surface area contributed by atoms with Crippen LogP contribution in [0, 0.1) is 11.8 Å². The van der Waals surface area contributed by atoms with Crippen LogP contribution < -0.4 is 31.9 Å². The van der Waals surface area contributed by atoms with Gasteiger partial charge in [-0.3, -0.25) is 33.5 Å². The number of nitrogens with one attached hydrogen (secondary N) is 4. The first-order valence-corrected chi connectivity index (χ1v) is 19.9. The van der Waals surface area contributed by atoms with Gasteiger partial charge in [-0.05, 0) is 75.2 Å². The van der Waals surface area contributed by atoms with Gasteiger partial charge < -0.3 is 25.8 Å². The normalized spacial score (nSPS) is 22.3. The van der Waals surface area contributed by atoms with Gasteiger partial charge in [0.15, 0.2) is 17.2 Å². The fourth-order valence-corrected chi connectivity index (χ4v) is 8.73. The molecule has 3 atom stereocenters. The van der Waals surface area contributed by atoms with Crippen molar-refractivity contribution >= 4 is 57.3 Å². The van der Waals surface area contributed by atoms with Gasteiger partial charge in [-0.15, -0.1) is 5.10 Å². The fourth-order valence-electron chi connectivity index (χ4n) is 8.73. The Morgan fingerprint density at radius 2 is 1.72 bits per heavy atom. The molecule has 9 rings (SSSR count). The lowest BCUT2D eigenvalue weighted by atomic mass is 9.92. The first-order valence-electron chi connectivity index (χ1n) is 19.9. The van der Waals surface area contributed by atoms with E-state index in [-0.39, 0.29) is 23.7 Å². The van der Waals surface area contributed by atoms with Gasteiger partial charge in [0.05, 0.1) is 40.8 Å². The van der Waals surface area contributed by atoms with E-state index in [1.807, 2.05) is 29.1 Å². The molecule has 1 aliphatic carbocycles. The molecular formula is C39H48FN13O4. The molecule has 4 fully saturated rings. The summed E-state index contributed by atoms with van der Waals surface area (Å²) in [5.74, 6) is 0.541. The number of anilines is 4. The van der Waals surface area contributed by atoms with Crippen LogP contribution in [0.2, 0.25) is 0 Å². The molecule has 17 nitrogen and oxygen atoms in total. The van der Waals surface area contributed by atoms with Gasteiger partial charge in [-0.1, -0.05) is 0 Å². The summed E-state index contributed by atoms with van der Waals surface area (Å²) in [5, 5.41) is 20.7. The number of imidazole rings is 2. The summed E-state index contributed by atoms with van der Waals surface area (Å²) in [5.41, 5.74) is 4.53. The van der Waals surface area contributed by atoms with Crippen LogP contribution in [-0.2, 0) is 23.2 Å². The summed E-state index contributed by atoms with van der Waals surface area (Å²) >= 11 is 0. The van der Waals surface area contributed by atoms with Crippen LogP contribution in [-0.4, -0.2) is 108 Å². The maximum absolute atomic E-state index is 13.4. The number of hydrogen-bond acceptors (Lipinski definition) is 11. The SMILES string of the molecule is CNc1cc(Nc2cnn(CC3CCN(CC4CCN(c5ccc6c(c5)n(C)c(=O)n6C5CCC(=O)NC5=O)CC4)CC3)c2)nn2c(C(=O)N[C@@H]3C[C@@H]3F)cnc12. The molecule has 0 radical (unpaired) electrons. The van der Waals surface area contributed by atoms with Crippen molar-refractivity contribution in [1.29, 1.82) is 0 Å².